The molecule has 780 valence electrons. The van der Waals surface area contributed by atoms with Gasteiger partial charge in [-0.1, -0.05) is 83.0 Å². The van der Waals surface area contributed by atoms with Crippen LogP contribution in [0.5, 0.6) is 23.0 Å². The molecule has 149 heavy (non-hydrogen) atoms. The second-order valence-electron chi connectivity index (χ2n) is 39.1. The van der Waals surface area contributed by atoms with E-state index in [0.29, 0.717) is 175 Å². The number of ether oxygens (including phenoxy) is 4. The van der Waals surface area contributed by atoms with E-state index < -0.39 is 105 Å². The van der Waals surface area contributed by atoms with Crippen molar-refractivity contribution in [3.8, 4) is 56.4 Å². The summed E-state index contributed by atoms with van der Waals surface area (Å²) in [5, 5.41) is 53.4. The number of aromatic carboxylic acids is 4. The topological polar surface area (TPSA) is 311 Å². The third-order valence-electron chi connectivity index (χ3n) is 28.7. The van der Waals surface area contributed by atoms with Gasteiger partial charge in [-0.3, -0.25) is 29.6 Å². The zero-order valence-electron chi connectivity index (χ0n) is 81.9. The Morgan fingerprint density at radius 3 is 1.11 bits per heavy atom. The zero-order valence-corrected chi connectivity index (χ0v) is 81.9. The number of likely N-dealkylation sites (tertiary alicyclic amines) is 4. The van der Waals surface area contributed by atoms with E-state index in [-0.39, 0.29) is 67.6 Å². The van der Waals surface area contributed by atoms with Crippen molar-refractivity contribution in [2.75, 3.05) is 72.2 Å². The first-order chi connectivity index (χ1) is 71.2. The number of carboxylic acids is 4. The Morgan fingerprint density at radius 1 is 0.376 bits per heavy atom. The second-order valence-corrected chi connectivity index (χ2v) is 39.1. The number of fused-ring (bicyclic) bond motifs is 1. The number of halogens is 12. The molecule has 0 bridgehead atoms. The molecule has 0 saturated carbocycles. The molecule has 4 N–H and O–H groups in total. The predicted molar refractivity (Wildman–Crippen MR) is 526 cm³/mol. The maximum atomic E-state index is 14.8. The molecule has 4 spiro atoms. The Morgan fingerprint density at radius 2 is 0.732 bits per heavy atom. The van der Waals surface area contributed by atoms with Gasteiger partial charge in [0.15, 0.2) is 52.4 Å². The fourth-order valence-electron chi connectivity index (χ4n) is 20.1. The van der Waals surface area contributed by atoms with Gasteiger partial charge in [0.2, 0.25) is 0 Å². The molecule has 20 rings (SSSR count). The van der Waals surface area contributed by atoms with Crippen LogP contribution in [0.4, 0.5) is 52.7 Å². The number of hydrogen-bond acceptors (Lipinski definition) is 22. The summed E-state index contributed by atoms with van der Waals surface area (Å²) in [6, 6.07) is 44.3. The molecule has 9 aliphatic rings. The molecule has 9 aliphatic heterocycles. The molecule has 2 aromatic heterocycles. The lowest BCUT2D eigenvalue weighted by Gasteiger charge is -2.37. The fraction of sp³-hybridized carbons (Fsp3) is 0.351. The van der Waals surface area contributed by atoms with Gasteiger partial charge >= 0.3 is 30.2 Å². The molecule has 38 heteroatoms. The average molecular weight is 2060 g/mol. The summed E-state index contributed by atoms with van der Waals surface area (Å²) in [6.07, 6.45) is 6.78. The Kier molecular flexibility index (Phi) is 31.4. The number of aryl methyl sites for hydroxylation is 1. The fourth-order valence-corrected chi connectivity index (χ4v) is 20.1. The van der Waals surface area contributed by atoms with Gasteiger partial charge in [-0.15, -0.1) is 13.2 Å². The molecule has 0 unspecified atom stereocenters. The minimum atomic E-state index is -4.95. The summed E-state index contributed by atoms with van der Waals surface area (Å²) < 4.78 is 187. The Bertz CT molecular complexity index is 6980. The van der Waals surface area contributed by atoms with Crippen LogP contribution in [0.15, 0.2) is 209 Å². The van der Waals surface area contributed by atoms with E-state index in [1.807, 2.05) is 49.9 Å². The van der Waals surface area contributed by atoms with E-state index in [1.54, 1.807) is 54.6 Å². The first-order valence-electron chi connectivity index (χ1n) is 48.8. The first-order valence-corrected chi connectivity index (χ1v) is 48.8. The number of carbonyl (C=O) groups is 4. The zero-order chi connectivity index (χ0) is 106. The lowest BCUT2D eigenvalue weighted by molar-refractivity contribution is -0.274. The molecule has 0 amide bonds. The van der Waals surface area contributed by atoms with Crippen LogP contribution < -0.4 is 18.9 Å². The van der Waals surface area contributed by atoms with E-state index in [2.05, 4.69) is 82.1 Å². The van der Waals surface area contributed by atoms with Crippen molar-refractivity contribution < 1.29 is 131 Å². The molecule has 11 heterocycles. The van der Waals surface area contributed by atoms with Crippen LogP contribution in [-0.2, 0) is 50.9 Å². The summed E-state index contributed by atoms with van der Waals surface area (Å²) in [5.41, 5.74) is 10.8. The lowest BCUT2D eigenvalue weighted by Crippen LogP contribution is -2.44. The van der Waals surface area contributed by atoms with Crippen LogP contribution in [0.1, 0.15) is 208 Å². The number of pyridine rings is 2. The smallest absolute Gasteiger partial charge is 0.494 e. The first kappa shape index (κ1) is 106. The third kappa shape index (κ3) is 24.3. The standard InChI is InChI=1S/C29H28F3N3O4.C28H22F6N2O4.C28H26F3N3O4.C26H30N2O4/c1-3-38-25-13-19(21(12-17(25)2)20-5-6-22(30)27(32)26(20)31)16-35-10-8-29(9-11-35)14-24(34-39-29)23-7-4-18(15-33-23)28(36)37;29-22-8-7-21(24(30)25(22)31)20-6-5-19(39-28(32,33)34)13-18(20)15-36-11-9-27(10-12-36)14-23(35-40-27)16-1-3-17(4-2-16)26(37)38;1-2-37-19-4-5-20(21-6-7-22(29)26(31)25(21)30)18(13-19)16-34-11-9-28(10-12-34)14-24(33-38-28)23-8-3-17(15-32-23)27(35)36;1-25(2)11-14-31-23-8-3-18(15-21(23)25)17-28-12-9-26(10-13-28)16-22(27-32-26)19-4-6-20(7-5-19)24(29)30/h4-7,12-13,15H,3,8-11,14,16H2,1-2H3,(H,36,37);1-8,13H,9-12,14-15H2,(H,37,38);3-8,13,15H,2,9-12,14,16H2,1H3,(H,35,36);3-8,15H,9-14,16-17H2,1-2H3,(H,29,30). The highest BCUT2D eigenvalue weighted by Crippen LogP contribution is 2.47. The van der Waals surface area contributed by atoms with Crippen LogP contribution in [0.3, 0.4) is 0 Å². The number of alkyl halides is 3. The second kappa shape index (κ2) is 44.3. The average Bonchev–Trinajstić information content (AvgIpc) is 0.803. The van der Waals surface area contributed by atoms with Gasteiger partial charge in [-0.25, -0.2) is 58.7 Å². The quantitative estimate of drug-likeness (QED) is 0.0323. The monoisotopic (exact) mass is 2060 g/mol. The number of piperidine rings is 4. The number of carboxylic acid groups (broad SMARTS) is 4. The van der Waals surface area contributed by atoms with Crippen molar-refractivity contribution in [3.05, 3.63) is 319 Å². The van der Waals surface area contributed by atoms with Gasteiger partial charge in [-0.05, 0) is 216 Å². The largest absolute Gasteiger partial charge is 0.573 e. The number of oxime groups is 4. The van der Waals surface area contributed by atoms with E-state index in [4.69, 9.17) is 54.0 Å². The molecule has 0 atom stereocenters. The van der Waals surface area contributed by atoms with Crippen LogP contribution in [0.25, 0.3) is 33.4 Å². The Labute approximate surface area is 849 Å². The molecule has 0 radical (unpaired) electrons. The minimum absolute atomic E-state index is 0.00196. The highest BCUT2D eigenvalue weighted by Gasteiger charge is 2.48. The number of aromatic nitrogens is 2. The number of benzene rings is 9. The maximum absolute atomic E-state index is 14.8. The lowest BCUT2D eigenvalue weighted by atomic mass is 9.79. The summed E-state index contributed by atoms with van der Waals surface area (Å²) in [4.78, 5) is 85.1. The van der Waals surface area contributed by atoms with Gasteiger partial charge in [0.25, 0.3) is 0 Å². The number of nitrogens with zero attached hydrogens (tertiary/aromatic N) is 10. The van der Waals surface area contributed by atoms with Crippen LogP contribution in [0.2, 0.25) is 0 Å². The van der Waals surface area contributed by atoms with Gasteiger partial charge in [0.05, 0.1) is 64.9 Å². The Balaban J connectivity index is 0.000000136. The van der Waals surface area contributed by atoms with Crippen molar-refractivity contribution in [1.82, 2.24) is 29.6 Å². The SMILES string of the molecule is CC1(C)CCOc2ccc(CN3CCC4(CC3)CC(c3ccc(C(=O)O)cc3)=NO4)cc21.CCOc1cc(CN2CCC3(CC2)CC(c2ccc(C(=O)O)cn2)=NO3)c(-c2ccc(F)c(F)c2F)cc1C.CCOc1ccc(-c2ccc(F)c(F)c2F)c(CN2CCC3(CC2)CC(c2ccc(C(=O)O)cn2)=NO3)c1.O=C(O)c1ccc(C2=NOC3(CCN(Cc4cc(OC(F)(F)F)ccc4-c4ccc(F)c(F)c4F)CC3)C2)cc1. The van der Waals surface area contributed by atoms with Gasteiger partial charge in [-0.2, -0.15) is 0 Å². The predicted octanol–water partition coefficient (Wildman–Crippen LogP) is 22.3. The molecule has 4 fully saturated rings. The molecule has 11 aromatic rings. The van der Waals surface area contributed by atoms with E-state index >= 15 is 0 Å². The minimum Gasteiger partial charge on any atom is -0.494 e. The molecule has 9 aromatic carbocycles. The molecule has 26 nitrogen and oxygen atoms in total. The van der Waals surface area contributed by atoms with Crippen molar-refractivity contribution in [2.24, 2.45) is 20.6 Å². The molecule has 4 saturated heterocycles. The van der Waals surface area contributed by atoms with E-state index in [0.717, 1.165) is 128 Å². The summed E-state index contributed by atoms with van der Waals surface area (Å²) >= 11 is 0. The number of hydrogen-bond donors (Lipinski definition) is 4. The summed E-state index contributed by atoms with van der Waals surface area (Å²) in [5.74, 6) is -14.6. The Hall–Kier alpha value is -14.8. The van der Waals surface area contributed by atoms with Gasteiger partial charge in [0, 0.05) is 190 Å². The highest BCUT2D eigenvalue weighted by atomic mass is 19.4. The van der Waals surface area contributed by atoms with Gasteiger partial charge in [0.1, 0.15) is 56.8 Å². The summed E-state index contributed by atoms with van der Waals surface area (Å²) in [7, 11) is 0. The van der Waals surface area contributed by atoms with Crippen molar-refractivity contribution in [1.29, 1.82) is 0 Å². The van der Waals surface area contributed by atoms with Crippen molar-refractivity contribution >= 4 is 46.7 Å². The van der Waals surface area contributed by atoms with Crippen LogP contribution in [0, 0.1) is 59.3 Å². The maximum Gasteiger partial charge on any atom is 0.573 e. The van der Waals surface area contributed by atoms with Crippen molar-refractivity contribution in [2.45, 2.75) is 178 Å². The van der Waals surface area contributed by atoms with Gasteiger partial charge < -0.3 is 58.7 Å². The van der Waals surface area contributed by atoms with E-state index in [1.165, 1.54) is 66.0 Å². The number of rotatable bonds is 24. The molecular formula is C111H106F12N10O16. The van der Waals surface area contributed by atoms with Crippen molar-refractivity contribution in [3.63, 3.8) is 0 Å². The van der Waals surface area contributed by atoms with E-state index in [9.17, 15) is 71.9 Å². The highest BCUT2D eigenvalue weighted by molar-refractivity contribution is 6.04. The normalized spacial score (nSPS) is 17.8. The molecule has 0 aliphatic carbocycles. The van der Waals surface area contributed by atoms with Crippen LogP contribution >= 0.6 is 0 Å². The van der Waals surface area contributed by atoms with Crippen LogP contribution in [-0.4, -0.2) is 198 Å². The third-order valence-corrected chi connectivity index (χ3v) is 28.7. The molecular weight excluding hydrogens is 1960 g/mol. The summed E-state index contributed by atoms with van der Waals surface area (Å²) in [6.45, 7) is 19.4.